The molecular weight excluding hydrogens is 324 g/mol. The molecule has 24 heavy (non-hydrogen) atoms. The number of thiophene rings is 1. The molecule has 1 aromatic carbocycles. The molecule has 7 heteroatoms. The molecule has 1 amide bonds. The average Bonchev–Trinajstić information content (AvgIpc) is 3.30. The Bertz CT molecular complexity index is 771. The average molecular weight is 342 g/mol. The maximum atomic E-state index is 12.1. The highest BCUT2D eigenvalue weighted by Crippen LogP contribution is 2.18. The number of para-hydroxylation sites is 1. The van der Waals surface area contributed by atoms with Crippen LogP contribution in [0.3, 0.4) is 0 Å². The Morgan fingerprint density at radius 3 is 2.96 bits per heavy atom. The van der Waals surface area contributed by atoms with E-state index in [2.05, 4.69) is 15.4 Å². The first kappa shape index (κ1) is 16.2. The maximum absolute atomic E-state index is 12.1. The summed E-state index contributed by atoms with van der Waals surface area (Å²) in [6, 6.07) is 11.4. The highest BCUT2D eigenvalue weighted by Gasteiger charge is 2.15. The summed E-state index contributed by atoms with van der Waals surface area (Å²) in [4.78, 5) is 17.0. The SMILES string of the molecule is C[C@H](C(=O)NCc1cc(COc2ccccc2)cs1)n1cncn1. The lowest BCUT2D eigenvalue weighted by Crippen LogP contribution is -2.30. The van der Waals surface area contributed by atoms with Gasteiger partial charge in [-0.15, -0.1) is 11.3 Å². The van der Waals surface area contributed by atoms with E-state index in [0.717, 1.165) is 16.2 Å². The minimum Gasteiger partial charge on any atom is -0.489 e. The lowest BCUT2D eigenvalue weighted by molar-refractivity contribution is -0.124. The van der Waals surface area contributed by atoms with Crippen LogP contribution in [0.5, 0.6) is 5.75 Å². The van der Waals surface area contributed by atoms with Crippen molar-refractivity contribution in [2.45, 2.75) is 26.1 Å². The van der Waals surface area contributed by atoms with Crippen LogP contribution in [0.2, 0.25) is 0 Å². The Hall–Kier alpha value is -2.67. The smallest absolute Gasteiger partial charge is 0.244 e. The number of aromatic nitrogens is 3. The highest BCUT2D eigenvalue weighted by molar-refractivity contribution is 7.10. The first-order valence-corrected chi connectivity index (χ1v) is 8.46. The fraction of sp³-hybridized carbons (Fsp3) is 0.235. The van der Waals surface area contributed by atoms with Gasteiger partial charge in [-0.05, 0) is 30.5 Å². The summed E-state index contributed by atoms with van der Waals surface area (Å²) in [6.45, 7) is 2.80. The molecule has 124 valence electrons. The molecule has 0 aliphatic rings. The molecule has 0 aliphatic carbocycles. The summed E-state index contributed by atoms with van der Waals surface area (Å²) in [7, 11) is 0. The Kier molecular flexibility index (Phi) is 5.22. The van der Waals surface area contributed by atoms with E-state index in [1.165, 1.54) is 17.3 Å². The lowest BCUT2D eigenvalue weighted by Gasteiger charge is -2.11. The molecule has 0 fully saturated rings. The fourth-order valence-electron chi connectivity index (χ4n) is 2.14. The van der Waals surface area contributed by atoms with Crippen LogP contribution >= 0.6 is 11.3 Å². The number of hydrogen-bond donors (Lipinski definition) is 1. The van der Waals surface area contributed by atoms with Crippen molar-refractivity contribution < 1.29 is 9.53 Å². The van der Waals surface area contributed by atoms with Crippen LogP contribution in [0.15, 0.2) is 54.4 Å². The van der Waals surface area contributed by atoms with Gasteiger partial charge >= 0.3 is 0 Å². The van der Waals surface area contributed by atoms with Gasteiger partial charge < -0.3 is 10.1 Å². The van der Waals surface area contributed by atoms with Crippen molar-refractivity contribution in [3.63, 3.8) is 0 Å². The van der Waals surface area contributed by atoms with Gasteiger partial charge in [-0.1, -0.05) is 18.2 Å². The van der Waals surface area contributed by atoms with Crippen LogP contribution in [0.1, 0.15) is 23.4 Å². The molecule has 0 saturated carbocycles. The van der Waals surface area contributed by atoms with Crippen LogP contribution in [0.25, 0.3) is 0 Å². The molecule has 0 bridgehead atoms. The Balaban J connectivity index is 1.48. The van der Waals surface area contributed by atoms with Crippen molar-refractivity contribution in [1.29, 1.82) is 0 Å². The van der Waals surface area contributed by atoms with Crippen molar-refractivity contribution in [2.24, 2.45) is 0 Å². The van der Waals surface area contributed by atoms with E-state index in [-0.39, 0.29) is 11.9 Å². The van der Waals surface area contributed by atoms with Gasteiger partial charge in [0.25, 0.3) is 0 Å². The monoisotopic (exact) mass is 342 g/mol. The molecule has 1 atom stereocenters. The molecule has 0 aliphatic heterocycles. The van der Waals surface area contributed by atoms with Crippen LogP contribution in [0.4, 0.5) is 0 Å². The van der Waals surface area contributed by atoms with E-state index in [1.807, 2.05) is 41.8 Å². The number of benzene rings is 1. The van der Waals surface area contributed by atoms with Crippen LogP contribution < -0.4 is 10.1 Å². The van der Waals surface area contributed by atoms with Gasteiger partial charge in [-0.3, -0.25) is 4.79 Å². The molecule has 0 unspecified atom stereocenters. The molecule has 6 nitrogen and oxygen atoms in total. The minimum absolute atomic E-state index is 0.0871. The molecule has 3 aromatic rings. The maximum Gasteiger partial charge on any atom is 0.244 e. The minimum atomic E-state index is -0.381. The van der Waals surface area contributed by atoms with E-state index in [9.17, 15) is 4.79 Å². The van der Waals surface area contributed by atoms with Gasteiger partial charge in [0.1, 0.15) is 31.1 Å². The first-order chi connectivity index (χ1) is 11.7. The number of ether oxygens (including phenoxy) is 1. The van der Waals surface area contributed by atoms with Crippen molar-refractivity contribution >= 4 is 17.2 Å². The van der Waals surface area contributed by atoms with Gasteiger partial charge in [-0.2, -0.15) is 5.10 Å². The predicted molar refractivity (Wildman–Crippen MR) is 91.7 cm³/mol. The van der Waals surface area contributed by atoms with Gasteiger partial charge in [0.15, 0.2) is 0 Å². The third-order valence-electron chi connectivity index (χ3n) is 3.51. The first-order valence-electron chi connectivity index (χ1n) is 7.58. The highest BCUT2D eigenvalue weighted by atomic mass is 32.1. The summed E-state index contributed by atoms with van der Waals surface area (Å²) in [6.07, 6.45) is 2.95. The third-order valence-corrected chi connectivity index (χ3v) is 4.49. The quantitative estimate of drug-likeness (QED) is 0.717. The zero-order valence-corrected chi connectivity index (χ0v) is 14.1. The van der Waals surface area contributed by atoms with Crippen molar-refractivity contribution in [3.05, 3.63) is 64.9 Å². The second-order valence-electron chi connectivity index (χ2n) is 5.29. The van der Waals surface area contributed by atoms with Crippen LogP contribution in [-0.2, 0) is 17.9 Å². The second kappa shape index (κ2) is 7.74. The molecule has 0 saturated heterocycles. The summed E-state index contributed by atoms with van der Waals surface area (Å²) in [5.74, 6) is 0.760. The number of carbonyl (C=O) groups excluding carboxylic acids is 1. The van der Waals surface area contributed by atoms with E-state index in [1.54, 1.807) is 18.3 Å². The van der Waals surface area contributed by atoms with Crippen molar-refractivity contribution in [1.82, 2.24) is 20.1 Å². The van der Waals surface area contributed by atoms with Crippen molar-refractivity contribution in [3.8, 4) is 5.75 Å². The van der Waals surface area contributed by atoms with E-state index in [0.29, 0.717) is 13.2 Å². The summed E-state index contributed by atoms with van der Waals surface area (Å²) < 4.78 is 7.25. The molecule has 2 aromatic heterocycles. The molecule has 2 heterocycles. The Morgan fingerprint density at radius 1 is 1.38 bits per heavy atom. The number of amides is 1. The number of hydrogen-bond acceptors (Lipinski definition) is 5. The second-order valence-corrected chi connectivity index (χ2v) is 6.29. The van der Waals surface area contributed by atoms with E-state index >= 15 is 0 Å². The van der Waals surface area contributed by atoms with E-state index in [4.69, 9.17) is 4.74 Å². The van der Waals surface area contributed by atoms with Gasteiger partial charge in [0, 0.05) is 10.4 Å². The van der Waals surface area contributed by atoms with Crippen molar-refractivity contribution in [2.75, 3.05) is 0 Å². The largest absolute Gasteiger partial charge is 0.489 e. The lowest BCUT2D eigenvalue weighted by atomic mass is 10.3. The third kappa shape index (κ3) is 4.20. The molecule has 1 N–H and O–H groups in total. The topological polar surface area (TPSA) is 69.0 Å². The molecule has 0 radical (unpaired) electrons. The number of nitrogens with one attached hydrogen (secondary N) is 1. The van der Waals surface area contributed by atoms with Crippen LogP contribution in [-0.4, -0.2) is 20.7 Å². The summed E-state index contributed by atoms with van der Waals surface area (Å²) in [5, 5.41) is 8.94. The normalized spacial score (nSPS) is 11.9. The molecule has 3 rings (SSSR count). The fourth-order valence-corrected chi connectivity index (χ4v) is 2.95. The zero-order chi connectivity index (χ0) is 16.8. The zero-order valence-electron chi connectivity index (χ0n) is 13.3. The molecule has 0 spiro atoms. The standard InChI is InChI=1S/C17H18N4O2S/c1-13(21-12-18-11-20-21)17(22)19-8-16-7-14(10-24-16)9-23-15-5-3-2-4-6-15/h2-7,10-13H,8-9H2,1H3,(H,19,22)/t13-/m1/s1. The number of nitrogens with zero attached hydrogens (tertiary/aromatic N) is 3. The van der Waals surface area contributed by atoms with E-state index < -0.39 is 0 Å². The Morgan fingerprint density at radius 2 is 2.21 bits per heavy atom. The summed E-state index contributed by atoms with van der Waals surface area (Å²) >= 11 is 1.61. The predicted octanol–water partition coefficient (Wildman–Crippen LogP) is 2.80. The number of carbonyl (C=O) groups is 1. The van der Waals surface area contributed by atoms with Gasteiger partial charge in [0.2, 0.25) is 5.91 Å². The van der Waals surface area contributed by atoms with Gasteiger partial charge in [0.05, 0.1) is 6.54 Å². The molecular formula is C17H18N4O2S. The Labute approximate surface area is 144 Å². The van der Waals surface area contributed by atoms with Gasteiger partial charge in [-0.25, -0.2) is 9.67 Å². The van der Waals surface area contributed by atoms with Crippen LogP contribution in [0, 0.1) is 0 Å². The summed E-state index contributed by atoms with van der Waals surface area (Å²) in [5.41, 5.74) is 1.09. The number of rotatable bonds is 7.